The van der Waals surface area contributed by atoms with Crippen LogP contribution in [0.5, 0.6) is 0 Å². The van der Waals surface area contributed by atoms with Gasteiger partial charge in [-0.1, -0.05) is 18.2 Å². The van der Waals surface area contributed by atoms with Gasteiger partial charge in [-0.2, -0.15) is 4.22 Å². The van der Waals surface area contributed by atoms with Crippen molar-refractivity contribution in [1.29, 1.82) is 0 Å². The van der Waals surface area contributed by atoms with Crippen molar-refractivity contribution in [2.75, 3.05) is 7.05 Å². The lowest BCUT2D eigenvalue weighted by atomic mass is 9.90. The summed E-state index contributed by atoms with van der Waals surface area (Å²) in [5.41, 5.74) is -1.14. The highest BCUT2D eigenvalue weighted by molar-refractivity contribution is 7.90. The molecule has 1 aromatic rings. The monoisotopic (exact) mass is 297 g/mol. The van der Waals surface area contributed by atoms with Crippen molar-refractivity contribution < 1.29 is 17.7 Å². The Labute approximate surface area is 121 Å². The molecule has 1 aromatic carbocycles. The Morgan fingerprint density at radius 2 is 1.45 bits per heavy atom. The van der Waals surface area contributed by atoms with Crippen LogP contribution in [0.1, 0.15) is 27.7 Å². The van der Waals surface area contributed by atoms with Crippen LogP contribution in [-0.2, 0) is 19.3 Å². The Bertz CT molecular complexity index is 570. The second kappa shape index (κ2) is 4.84. The average Bonchev–Trinajstić information content (AvgIpc) is 2.58. The molecule has 0 amide bonds. The minimum absolute atomic E-state index is 0.220. The van der Waals surface area contributed by atoms with Crippen LogP contribution in [0.25, 0.3) is 0 Å². The lowest BCUT2D eigenvalue weighted by Gasteiger charge is -2.32. The van der Waals surface area contributed by atoms with Gasteiger partial charge < -0.3 is 9.31 Å². The first kappa shape index (κ1) is 15.5. The number of rotatable bonds is 3. The molecule has 0 aliphatic carbocycles. The molecule has 0 atom stereocenters. The Morgan fingerprint density at radius 1 is 1.00 bits per heavy atom. The molecule has 0 N–H and O–H groups in total. The number of benzene rings is 1. The van der Waals surface area contributed by atoms with E-state index < -0.39 is 28.5 Å². The summed E-state index contributed by atoms with van der Waals surface area (Å²) in [6, 6.07) is 8.25. The van der Waals surface area contributed by atoms with Gasteiger partial charge in [-0.3, -0.25) is 0 Å². The zero-order chi connectivity index (χ0) is 15.2. The van der Waals surface area contributed by atoms with Gasteiger partial charge in [-0.25, -0.2) is 8.42 Å². The second-order valence-corrected chi connectivity index (χ2v) is 7.90. The van der Waals surface area contributed by atoms with Gasteiger partial charge >= 0.3 is 7.25 Å². The standard InChI is InChI=1S/C13H20BNO4S/c1-12(2)13(3,4)19-14(18-12)15(5)20(16,17)11-9-7-6-8-10-11/h6-10H,1-5H3. The van der Waals surface area contributed by atoms with E-state index in [9.17, 15) is 8.42 Å². The first-order chi connectivity index (χ1) is 9.08. The Morgan fingerprint density at radius 3 is 1.90 bits per heavy atom. The van der Waals surface area contributed by atoms with Crippen molar-refractivity contribution in [3.63, 3.8) is 0 Å². The van der Waals surface area contributed by atoms with Crippen molar-refractivity contribution >= 4 is 17.3 Å². The van der Waals surface area contributed by atoms with Crippen LogP contribution in [0.15, 0.2) is 35.2 Å². The van der Waals surface area contributed by atoms with Crippen LogP contribution in [0.4, 0.5) is 0 Å². The SMILES string of the molecule is CN(B1OC(C)(C)C(C)(C)O1)S(=O)(=O)c1ccccc1. The van der Waals surface area contributed by atoms with Gasteiger partial charge in [-0.05, 0) is 46.9 Å². The molecule has 1 aliphatic heterocycles. The molecule has 0 spiro atoms. The highest BCUT2D eigenvalue weighted by atomic mass is 32.2. The fourth-order valence-electron chi connectivity index (χ4n) is 1.83. The summed E-state index contributed by atoms with van der Waals surface area (Å²) >= 11 is 0. The molecule has 1 heterocycles. The third kappa shape index (κ3) is 2.51. The largest absolute Gasteiger partial charge is 0.572 e. The normalized spacial score (nSPS) is 21.4. The Hall–Kier alpha value is -0.885. The van der Waals surface area contributed by atoms with Crippen molar-refractivity contribution in [1.82, 2.24) is 4.22 Å². The summed E-state index contributed by atoms with van der Waals surface area (Å²) in [6.07, 6.45) is 0. The maximum Gasteiger partial charge on any atom is 0.572 e. The number of hydrogen-bond donors (Lipinski definition) is 0. The highest BCUT2D eigenvalue weighted by Gasteiger charge is 2.55. The van der Waals surface area contributed by atoms with Crippen molar-refractivity contribution in [3.05, 3.63) is 30.3 Å². The zero-order valence-electron chi connectivity index (χ0n) is 12.5. The average molecular weight is 297 g/mol. The van der Waals surface area contributed by atoms with Gasteiger partial charge in [0.15, 0.2) is 0 Å². The van der Waals surface area contributed by atoms with E-state index in [2.05, 4.69) is 0 Å². The van der Waals surface area contributed by atoms with Crippen LogP contribution in [-0.4, -0.2) is 38.1 Å². The van der Waals surface area contributed by atoms with Crippen molar-refractivity contribution in [3.8, 4) is 0 Å². The molecule has 0 saturated carbocycles. The van der Waals surface area contributed by atoms with Crippen LogP contribution >= 0.6 is 0 Å². The van der Waals surface area contributed by atoms with E-state index in [0.29, 0.717) is 0 Å². The van der Waals surface area contributed by atoms with Gasteiger partial charge in [0, 0.05) is 0 Å². The second-order valence-electron chi connectivity index (χ2n) is 5.90. The molecular weight excluding hydrogens is 277 g/mol. The van der Waals surface area contributed by atoms with Crippen LogP contribution < -0.4 is 0 Å². The topological polar surface area (TPSA) is 55.8 Å². The zero-order valence-corrected chi connectivity index (χ0v) is 13.3. The number of nitrogens with zero attached hydrogens (tertiary/aromatic N) is 1. The van der Waals surface area contributed by atoms with E-state index in [1.54, 1.807) is 30.3 Å². The van der Waals surface area contributed by atoms with Gasteiger partial charge in [0.1, 0.15) is 0 Å². The Kier molecular flexibility index (Phi) is 3.75. The van der Waals surface area contributed by atoms with E-state index in [-0.39, 0.29) is 4.90 Å². The first-order valence-electron chi connectivity index (χ1n) is 6.47. The lowest BCUT2D eigenvalue weighted by Crippen LogP contribution is -2.43. The van der Waals surface area contributed by atoms with Crippen LogP contribution in [0.3, 0.4) is 0 Å². The van der Waals surface area contributed by atoms with Crippen molar-refractivity contribution in [2.24, 2.45) is 0 Å². The first-order valence-corrected chi connectivity index (χ1v) is 7.91. The maximum absolute atomic E-state index is 12.5. The lowest BCUT2D eigenvalue weighted by molar-refractivity contribution is 0.00578. The minimum atomic E-state index is -3.64. The van der Waals surface area contributed by atoms with E-state index in [4.69, 9.17) is 9.31 Å². The summed E-state index contributed by atoms with van der Waals surface area (Å²) in [6.45, 7) is 7.54. The summed E-state index contributed by atoms with van der Waals surface area (Å²) in [7, 11) is -3.10. The fourth-order valence-corrected chi connectivity index (χ4v) is 2.98. The van der Waals surface area contributed by atoms with Crippen molar-refractivity contribution in [2.45, 2.75) is 43.8 Å². The molecule has 1 aliphatic rings. The molecule has 0 aromatic heterocycles. The summed E-state index contributed by atoms with van der Waals surface area (Å²) in [5.74, 6) is 0. The van der Waals surface area contributed by atoms with Gasteiger partial charge in [-0.15, -0.1) is 0 Å². The van der Waals surface area contributed by atoms with Gasteiger partial charge in [0.05, 0.1) is 16.1 Å². The molecule has 110 valence electrons. The van der Waals surface area contributed by atoms with E-state index >= 15 is 0 Å². The summed E-state index contributed by atoms with van der Waals surface area (Å²) < 4.78 is 37.7. The Balaban J connectivity index is 2.28. The van der Waals surface area contributed by atoms with Gasteiger partial charge in [0.25, 0.3) is 0 Å². The van der Waals surface area contributed by atoms with E-state index in [0.717, 1.165) is 4.22 Å². The van der Waals surface area contributed by atoms with E-state index in [1.165, 1.54) is 7.05 Å². The fraction of sp³-hybridized carbons (Fsp3) is 0.538. The van der Waals surface area contributed by atoms with Crippen LogP contribution in [0.2, 0.25) is 0 Å². The van der Waals surface area contributed by atoms with Gasteiger partial charge in [0.2, 0.25) is 10.0 Å². The molecule has 2 rings (SSSR count). The van der Waals surface area contributed by atoms with Crippen LogP contribution in [0, 0.1) is 0 Å². The summed E-state index contributed by atoms with van der Waals surface area (Å²) in [4.78, 5) is 0.220. The predicted molar refractivity (Wildman–Crippen MR) is 77.5 cm³/mol. The molecule has 0 radical (unpaired) electrons. The quantitative estimate of drug-likeness (QED) is 0.800. The van der Waals surface area contributed by atoms with E-state index in [1.807, 2.05) is 27.7 Å². The molecule has 20 heavy (non-hydrogen) atoms. The predicted octanol–water partition coefficient (Wildman–Crippen LogP) is 1.90. The molecular formula is C13H20BNO4S. The molecule has 5 nitrogen and oxygen atoms in total. The molecule has 0 unspecified atom stereocenters. The maximum atomic E-state index is 12.5. The highest BCUT2D eigenvalue weighted by Crippen LogP contribution is 2.38. The number of sulfonamides is 1. The molecule has 1 saturated heterocycles. The number of hydrogen-bond acceptors (Lipinski definition) is 4. The smallest absolute Gasteiger partial charge is 0.389 e. The third-order valence-electron chi connectivity index (χ3n) is 3.96. The summed E-state index contributed by atoms with van der Waals surface area (Å²) in [5, 5.41) is 0. The molecule has 7 heteroatoms. The minimum Gasteiger partial charge on any atom is -0.389 e. The molecule has 0 bridgehead atoms. The third-order valence-corrected chi connectivity index (χ3v) is 5.76. The molecule has 1 fully saturated rings.